The molecule has 0 spiro atoms. The van der Waals surface area contributed by atoms with Gasteiger partial charge >= 0.3 is 8.56 Å². The Labute approximate surface area is 170 Å². The van der Waals surface area contributed by atoms with E-state index >= 15 is 0 Å². The molecule has 0 saturated carbocycles. The van der Waals surface area contributed by atoms with Crippen LogP contribution in [0.15, 0.2) is 30.3 Å². The van der Waals surface area contributed by atoms with E-state index in [1.54, 1.807) is 7.11 Å². The number of methoxy groups -OCH3 is 1. The van der Waals surface area contributed by atoms with Crippen LogP contribution < -0.4 is 0 Å². The third kappa shape index (κ3) is 4.09. The van der Waals surface area contributed by atoms with Gasteiger partial charge < -0.3 is 23.1 Å². The quantitative estimate of drug-likeness (QED) is 0.520. The molecule has 2 saturated heterocycles. The molecule has 28 heavy (non-hydrogen) atoms. The molecule has 2 fully saturated rings. The van der Waals surface area contributed by atoms with Gasteiger partial charge in [0.2, 0.25) is 0 Å². The molecule has 158 valence electrons. The highest BCUT2D eigenvalue weighted by molar-refractivity contribution is 6.73. The summed E-state index contributed by atoms with van der Waals surface area (Å²) in [5.74, 6) is 0. The van der Waals surface area contributed by atoms with Crippen LogP contribution in [0.5, 0.6) is 0 Å². The van der Waals surface area contributed by atoms with Crippen LogP contribution in [0, 0.1) is 0 Å². The van der Waals surface area contributed by atoms with Crippen molar-refractivity contribution in [1.82, 2.24) is 0 Å². The van der Waals surface area contributed by atoms with Crippen LogP contribution >= 0.6 is 0 Å². The highest BCUT2D eigenvalue weighted by Gasteiger charge is 2.63. The summed E-state index contributed by atoms with van der Waals surface area (Å²) in [6, 6.07) is 10.3. The van der Waals surface area contributed by atoms with E-state index in [0.29, 0.717) is 6.61 Å². The molecular weight excluding hydrogens is 372 g/mol. The van der Waals surface area contributed by atoms with Gasteiger partial charge in [-0.2, -0.15) is 0 Å². The molecule has 6 heteroatoms. The van der Waals surface area contributed by atoms with E-state index in [2.05, 4.69) is 53.7 Å². The fourth-order valence-corrected chi connectivity index (χ4v) is 9.73. The van der Waals surface area contributed by atoms with Crippen molar-refractivity contribution in [2.75, 3.05) is 20.5 Å². The van der Waals surface area contributed by atoms with Crippen molar-refractivity contribution in [2.24, 2.45) is 0 Å². The molecule has 0 aromatic heterocycles. The lowest BCUT2D eigenvalue weighted by Gasteiger charge is -2.57. The van der Waals surface area contributed by atoms with E-state index in [0.717, 1.165) is 12.0 Å². The Morgan fingerprint density at radius 3 is 2.25 bits per heavy atom. The highest BCUT2D eigenvalue weighted by atomic mass is 28.4. The maximum absolute atomic E-state index is 6.91. The van der Waals surface area contributed by atoms with Crippen LogP contribution in [0.25, 0.3) is 0 Å². The van der Waals surface area contributed by atoms with Crippen LogP contribution in [0.4, 0.5) is 0 Å². The topological polar surface area (TPSA) is 46.2 Å². The molecule has 1 aromatic rings. The monoisotopic (exact) mass is 408 g/mol. The number of hydrogen-bond acceptors (Lipinski definition) is 5. The molecule has 0 unspecified atom stereocenters. The van der Waals surface area contributed by atoms with Gasteiger partial charge in [0.25, 0.3) is 0 Å². The van der Waals surface area contributed by atoms with Crippen molar-refractivity contribution in [3.05, 3.63) is 35.9 Å². The van der Waals surface area contributed by atoms with Crippen molar-refractivity contribution in [3.63, 3.8) is 0 Å². The third-order valence-electron chi connectivity index (χ3n) is 5.82. The molecule has 0 amide bonds. The SMILES string of the molecule is COCO[C@H]1C[C@@H](c2ccccc2)O[C@@H]2CO[Si](C(C)(C)C)(C(C)(C)C)O[C@@H]12. The van der Waals surface area contributed by atoms with E-state index in [1.165, 1.54) is 0 Å². The molecule has 2 heterocycles. The summed E-state index contributed by atoms with van der Waals surface area (Å²) in [7, 11) is -0.925. The number of rotatable bonds is 4. The minimum atomic E-state index is -2.58. The van der Waals surface area contributed by atoms with Gasteiger partial charge in [-0.25, -0.2) is 0 Å². The Balaban J connectivity index is 1.89. The van der Waals surface area contributed by atoms with E-state index in [-0.39, 0.29) is 41.3 Å². The van der Waals surface area contributed by atoms with Gasteiger partial charge in [0.15, 0.2) is 0 Å². The predicted octanol–water partition coefficient (Wildman–Crippen LogP) is 4.96. The standard InChI is InChI=1S/C22H36O5Si/c1-21(2,3)28(22(4,5)6)25-14-19-20(27-28)18(24-15-23-7)13-17(26-19)16-11-9-8-10-12-16/h8-12,17-20H,13-15H2,1-7H3/t17-,18-,19+,20-/m0/s1. The lowest BCUT2D eigenvalue weighted by atomic mass is 9.94. The fourth-order valence-electron chi connectivity index (χ4n) is 4.75. The maximum Gasteiger partial charge on any atom is 0.349 e. The van der Waals surface area contributed by atoms with Gasteiger partial charge in [0, 0.05) is 23.6 Å². The van der Waals surface area contributed by atoms with E-state index < -0.39 is 8.56 Å². The van der Waals surface area contributed by atoms with Crippen LogP contribution in [-0.4, -0.2) is 47.4 Å². The summed E-state index contributed by atoms with van der Waals surface area (Å²) >= 11 is 0. The van der Waals surface area contributed by atoms with Gasteiger partial charge in [-0.15, -0.1) is 0 Å². The summed E-state index contributed by atoms with van der Waals surface area (Å²) in [6.07, 6.45) is 0.326. The fraction of sp³-hybridized carbons (Fsp3) is 0.727. The van der Waals surface area contributed by atoms with Crippen LogP contribution in [0.3, 0.4) is 0 Å². The van der Waals surface area contributed by atoms with Gasteiger partial charge in [0.05, 0.1) is 18.8 Å². The molecule has 2 aliphatic rings. The van der Waals surface area contributed by atoms with E-state index in [9.17, 15) is 0 Å². The Bertz CT molecular complexity index is 623. The Kier molecular flexibility index (Phi) is 6.40. The van der Waals surface area contributed by atoms with Crippen molar-refractivity contribution in [1.29, 1.82) is 0 Å². The van der Waals surface area contributed by atoms with E-state index in [4.69, 9.17) is 23.1 Å². The summed E-state index contributed by atoms with van der Waals surface area (Å²) in [4.78, 5) is 0. The zero-order chi connectivity index (χ0) is 20.6. The maximum atomic E-state index is 6.91. The summed E-state index contributed by atoms with van der Waals surface area (Å²) in [5, 5.41) is -0.142. The molecule has 2 aliphatic heterocycles. The van der Waals surface area contributed by atoms with Gasteiger partial charge in [-0.3, -0.25) is 0 Å². The normalized spacial score (nSPS) is 30.7. The zero-order valence-electron chi connectivity index (χ0n) is 18.4. The predicted molar refractivity (Wildman–Crippen MR) is 111 cm³/mol. The first kappa shape index (κ1) is 21.9. The summed E-state index contributed by atoms with van der Waals surface area (Å²) < 4.78 is 31.3. The smallest absolute Gasteiger partial charge is 0.349 e. The third-order valence-corrected chi connectivity index (χ3v) is 10.9. The molecule has 3 rings (SSSR count). The molecule has 0 bridgehead atoms. The van der Waals surface area contributed by atoms with Crippen LogP contribution in [0.2, 0.25) is 10.1 Å². The highest BCUT2D eigenvalue weighted by Crippen LogP contribution is 2.55. The lowest BCUT2D eigenvalue weighted by molar-refractivity contribution is -0.229. The summed E-state index contributed by atoms with van der Waals surface area (Å²) in [6.45, 7) is 14.2. The van der Waals surface area contributed by atoms with Crippen molar-refractivity contribution in [3.8, 4) is 0 Å². The molecule has 0 N–H and O–H groups in total. The Hall–Kier alpha value is -0.763. The van der Waals surface area contributed by atoms with Gasteiger partial charge in [0.1, 0.15) is 19.0 Å². The Morgan fingerprint density at radius 2 is 1.68 bits per heavy atom. The number of ether oxygens (including phenoxy) is 3. The second-order valence-electron chi connectivity index (χ2n) is 9.93. The average molecular weight is 409 g/mol. The molecule has 5 nitrogen and oxygen atoms in total. The minimum Gasteiger partial charge on any atom is -0.391 e. The van der Waals surface area contributed by atoms with Gasteiger partial charge in [-0.1, -0.05) is 71.9 Å². The minimum absolute atomic E-state index is 0.0325. The molecular formula is C22H36O5Si. The number of fused-ring (bicyclic) bond motifs is 1. The van der Waals surface area contributed by atoms with Gasteiger partial charge in [-0.05, 0) is 5.56 Å². The second kappa shape index (κ2) is 8.17. The largest absolute Gasteiger partial charge is 0.391 e. The van der Waals surface area contributed by atoms with Crippen LogP contribution in [-0.2, 0) is 23.1 Å². The van der Waals surface area contributed by atoms with E-state index in [1.807, 2.05) is 18.2 Å². The molecule has 0 radical (unpaired) electrons. The summed E-state index contributed by atoms with van der Waals surface area (Å²) in [5.41, 5.74) is 1.16. The van der Waals surface area contributed by atoms with Crippen molar-refractivity contribution in [2.45, 2.75) is 82.5 Å². The lowest BCUT2D eigenvalue weighted by Crippen LogP contribution is -2.68. The molecule has 4 atom stereocenters. The first-order chi connectivity index (χ1) is 13.1. The first-order valence-electron chi connectivity index (χ1n) is 10.2. The zero-order valence-corrected chi connectivity index (χ0v) is 19.4. The number of benzene rings is 1. The molecule has 1 aromatic carbocycles. The van der Waals surface area contributed by atoms with Crippen molar-refractivity contribution < 1.29 is 23.1 Å². The first-order valence-corrected chi connectivity index (χ1v) is 12.0. The second-order valence-corrected chi connectivity index (χ2v) is 14.7. The van der Waals surface area contributed by atoms with Crippen molar-refractivity contribution >= 4 is 8.56 Å². The molecule has 0 aliphatic carbocycles. The average Bonchev–Trinajstić information content (AvgIpc) is 2.64. The van der Waals surface area contributed by atoms with Crippen LogP contribution in [0.1, 0.15) is 59.6 Å². The number of hydrogen-bond donors (Lipinski definition) is 0. The Morgan fingerprint density at radius 1 is 1.04 bits per heavy atom.